The molecule has 4 rings (SSSR count). The Kier molecular flexibility index (Phi) is 7.85. The third-order valence-corrected chi connectivity index (χ3v) is 6.74. The highest BCUT2D eigenvalue weighted by atomic mass is 35.5. The van der Waals surface area contributed by atoms with Crippen molar-refractivity contribution in [1.29, 1.82) is 0 Å². The predicted molar refractivity (Wildman–Crippen MR) is 127 cm³/mol. The summed E-state index contributed by atoms with van der Waals surface area (Å²) in [6.07, 6.45) is 3.44. The van der Waals surface area contributed by atoms with Crippen molar-refractivity contribution in [3.8, 4) is 0 Å². The van der Waals surface area contributed by atoms with E-state index in [2.05, 4.69) is 25.9 Å². The van der Waals surface area contributed by atoms with Gasteiger partial charge >= 0.3 is 0 Å². The van der Waals surface area contributed by atoms with Crippen LogP contribution in [0.25, 0.3) is 0 Å². The van der Waals surface area contributed by atoms with Crippen LogP contribution in [0.3, 0.4) is 0 Å². The van der Waals surface area contributed by atoms with Crippen molar-refractivity contribution in [2.24, 2.45) is 0 Å². The number of hydroxylamine groups is 1. The van der Waals surface area contributed by atoms with Crippen LogP contribution in [-0.4, -0.2) is 78.9 Å². The number of hydrogen-bond donors (Lipinski definition) is 3. The van der Waals surface area contributed by atoms with Crippen LogP contribution in [0, 0.1) is 0 Å². The smallest absolute Gasteiger partial charge is 0.269 e. The van der Waals surface area contributed by atoms with Crippen molar-refractivity contribution in [2.75, 3.05) is 52.5 Å². The number of carbonyl (C=O) groups is 1. The first-order valence-electron chi connectivity index (χ1n) is 11.1. The van der Waals surface area contributed by atoms with Gasteiger partial charge in [-0.05, 0) is 36.0 Å². The molecule has 3 aliphatic heterocycles. The van der Waals surface area contributed by atoms with Gasteiger partial charge in [-0.3, -0.25) is 20.0 Å². The number of morpholine rings is 1. The summed E-state index contributed by atoms with van der Waals surface area (Å²) >= 11 is 11.5. The first-order valence-corrected chi connectivity index (χ1v) is 11.8. The Hall–Kier alpha value is -1.91. The van der Waals surface area contributed by atoms with Crippen LogP contribution < -0.4 is 16.1 Å². The fourth-order valence-corrected chi connectivity index (χ4v) is 4.47. The molecular weight excluding hydrogens is 450 g/mol. The second kappa shape index (κ2) is 10.8. The molecule has 0 unspecified atom stereocenters. The molecule has 3 N–H and O–H groups in total. The van der Waals surface area contributed by atoms with Gasteiger partial charge in [0, 0.05) is 63.7 Å². The van der Waals surface area contributed by atoms with E-state index in [0.717, 1.165) is 76.0 Å². The van der Waals surface area contributed by atoms with Crippen LogP contribution in [0.15, 0.2) is 36.0 Å². The van der Waals surface area contributed by atoms with Crippen LogP contribution in [0.4, 0.5) is 0 Å². The number of nitrogens with one attached hydrogen (secondary N) is 3. The predicted octanol–water partition coefficient (Wildman–Crippen LogP) is 1.42. The molecule has 1 aromatic carbocycles. The zero-order chi connectivity index (χ0) is 22.4. The van der Waals surface area contributed by atoms with Gasteiger partial charge in [-0.2, -0.15) is 0 Å². The second-order valence-corrected chi connectivity index (χ2v) is 9.13. The number of likely N-dealkylation sites (tertiary alicyclic amines) is 1. The molecule has 1 spiro atoms. The lowest BCUT2D eigenvalue weighted by Gasteiger charge is -2.38. The molecule has 32 heavy (non-hydrogen) atoms. The Bertz CT molecular complexity index is 836. The number of benzene rings is 1. The number of piperidine rings is 1. The average molecular weight is 480 g/mol. The molecule has 0 aromatic heterocycles. The van der Waals surface area contributed by atoms with E-state index in [1.165, 1.54) is 0 Å². The van der Waals surface area contributed by atoms with E-state index < -0.39 is 5.60 Å². The maximum Gasteiger partial charge on any atom is 0.269 e. The second-order valence-electron chi connectivity index (χ2n) is 8.31. The summed E-state index contributed by atoms with van der Waals surface area (Å²) in [7, 11) is 0. The minimum atomic E-state index is -0.465. The molecule has 3 aliphatic rings. The van der Waals surface area contributed by atoms with E-state index in [0.29, 0.717) is 17.3 Å². The lowest BCUT2D eigenvalue weighted by atomic mass is 9.91. The van der Waals surface area contributed by atoms with Gasteiger partial charge in [0.2, 0.25) is 0 Å². The summed E-state index contributed by atoms with van der Waals surface area (Å²) < 4.78 is 5.38. The first kappa shape index (κ1) is 23.3. The van der Waals surface area contributed by atoms with Crippen molar-refractivity contribution < 1.29 is 14.4 Å². The van der Waals surface area contributed by atoms with Gasteiger partial charge in [0.05, 0.1) is 13.2 Å². The number of hydrogen-bond acceptors (Lipinski definition) is 6. The molecule has 0 radical (unpaired) electrons. The van der Waals surface area contributed by atoms with Crippen molar-refractivity contribution in [1.82, 2.24) is 25.9 Å². The molecule has 2 fully saturated rings. The van der Waals surface area contributed by atoms with Gasteiger partial charge in [0.25, 0.3) is 5.91 Å². The number of halogens is 1. The van der Waals surface area contributed by atoms with Gasteiger partial charge in [-0.15, -0.1) is 0 Å². The SMILES string of the molecule is O=C(NCc1ccc(Cl)cc1)C1=CC2(CCN(C(=S)NCCN3CCOCC3)CC2)ON1. The lowest BCUT2D eigenvalue weighted by molar-refractivity contribution is -0.120. The summed E-state index contributed by atoms with van der Waals surface area (Å²) in [5.74, 6) is -0.181. The van der Waals surface area contributed by atoms with Crippen LogP contribution >= 0.6 is 23.8 Å². The zero-order valence-electron chi connectivity index (χ0n) is 18.1. The fraction of sp³-hybridized carbons (Fsp3) is 0.545. The Morgan fingerprint density at radius 1 is 1.12 bits per heavy atom. The van der Waals surface area contributed by atoms with Crippen molar-refractivity contribution >= 4 is 34.8 Å². The molecule has 3 heterocycles. The number of nitrogens with zero attached hydrogens (tertiary/aromatic N) is 2. The number of ether oxygens (including phenoxy) is 1. The molecule has 2 saturated heterocycles. The summed E-state index contributed by atoms with van der Waals surface area (Å²) in [4.78, 5) is 22.9. The van der Waals surface area contributed by atoms with Gasteiger partial charge in [0.1, 0.15) is 11.3 Å². The Morgan fingerprint density at radius 3 is 2.56 bits per heavy atom. The van der Waals surface area contributed by atoms with Crippen LogP contribution in [-0.2, 0) is 20.9 Å². The minimum absolute atomic E-state index is 0.181. The average Bonchev–Trinajstić information content (AvgIpc) is 3.23. The number of carbonyl (C=O) groups excluding carboxylic acids is 1. The molecule has 0 aliphatic carbocycles. The Morgan fingerprint density at radius 2 is 1.84 bits per heavy atom. The molecule has 174 valence electrons. The van der Waals surface area contributed by atoms with E-state index in [1.807, 2.05) is 30.3 Å². The molecule has 1 amide bonds. The quantitative estimate of drug-likeness (QED) is 0.529. The van der Waals surface area contributed by atoms with E-state index >= 15 is 0 Å². The Balaban J connectivity index is 1.20. The molecular formula is C22H30ClN5O3S. The van der Waals surface area contributed by atoms with Crippen molar-refractivity contribution in [3.63, 3.8) is 0 Å². The third kappa shape index (κ3) is 6.11. The normalized spacial score (nSPS) is 20.5. The maximum absolute atomic E-state index is 12.5. The topological polar surface area (TPSA) is 78.1 Å². The summed E-state index contributed by atoms with van der Waals surface area (Å²) in [6, 6.07) is 7.41. The summed E-state index contributed by atoms with van der Waals surface area (Å²) in [5.41, 5.74) is 3.80. The highest BCUT2D eigenvalue weighted by Crippen LogP contribution is 2.31. The third-order valence-electron chi connectivity index (χ3n) is 6.09. The van der Waals surface area contributed by atoms with Crippen LogP contribution in [0.2, 0.25) is 5.02 Å². The van der Waals surface area contributed by atoms with Gasteiger partial charge in [-0.25, -0.2) is 0 Å². The monoisotopic (exact) mass is 479 g/mol. The van der Waals surface area contributed by atoms with Gasteiger partial charge in [0.15, 0.2) is 5.11 Å². The minimum Gasteiger partial charge on any atom is -0.379 e. The first-order chi connectivity index (χ1) is 15.5. The largest absolute Gasteiger partial charge is 0.379 e. The Labute approximate surface area is 199 Å². The van der Waals surface area contributed by atoms with Gasteiger partial charge in [-0.1, -0.05) is 23.7 Å². The zero-order valence-corrected chi connectivity index (χ0v) is 19.6. The van der Waals surface area contributed by atoms with Crippen molar-refractivity contribution in [2.45, 2.75) is 25.0 Å². The number of rotatable bonds is 6. The van der Waals surface area contributed by atoms with Crippen LogP contribution in [0.5, 0.6) is 0 Å². The van der Waals surface area contributed by atoms with E-state index in [1.54, 1.807) is 0 Å². The van der Waals surface area contributed by atoms with Gasteiger partial charge < -0.3 is 20.3 Å². The standard InChI is InChI=1S/C22H30ClN5O3S/c23-18-3-1-17(2-4-18)16-25-20(29)19-15-22(31-26-19)5-8-28(9-6-22)21(32)24-7-10-27-11-13-30-14-12-27/h1-4,15,26H,5-14,16H2,(H,24,32)(H,25,29). The van der Waals surface area contributed by atoms with Crippen LogP contribution in [0.1, 0.15) is 18.4 Å². The molecule has 0 bridgehead atoms. The number of amides is 1. The molecule has 10 heteroatoms. The summed E-state index contributed by atoms with van der Waals surface area (Å²) in [5, 5.41) is 7.74. The number of thiocarbonyl (C=S) groups is 1. The highest BCUT2D eigenvalue weighted by molar-refractivity contribution is 7.80. The highest BCUT2D eigenvalue weighted by Gasteiger charge is 2.40. The maximum atomic E-state index is 12.5. The van der Waals surface area contributed by atoms with E-state index in [-0.39, 0.29) is 5.91 Å². The lowest BCUT2D eigenvalue weighted by Crippen LogP contribution is -2.51. The fourth-order valence-electron chi connectivity index (χ4n) is 4.06. The molecule has 0 saturated carbocycles. The van der Waals surface area contributed by atoms with Crippen molar-refractivity contribution in [3.05, 3.63) is 46.6 Å². The van der Waals surface area contributed by atoms with E-state index in [4.69, 9.17) is 33.4 Å². The molecule has 1 aromatic rings. The summed E-state index contributed by atoms with van der Waals surface area (Å²) in [6.45, 7) is 7.35. The van der Waals surface area contributed by atoms with E-state index in [9.17, 15) is 4.79 Å². The molecule has 8 nitrogen and oxygen atoms in total. The molecule has 0 atom stereocenters.